The number of halogens is 3. The van der Waals surface area contributed by atoms with Gasteiger partial charge in [0.15, 0.2) is 0 Å². The smallest absolute Gasteiger partial charge is 0.310 e. The van der Waals surface area contributed by atoms with Crippen molar-refractivity contribution in [2.75, 3.05) is 7.11 Å². The molecule has 1 aromatic rings. The van der Waals surface area contributed by atoms with Crippen molar-refractivity contribution in [2.45, 2.75) is 6.42 Å². The molecule has 0 N–H and O–H groups in total. The lowest BCUT2D eigenvalue weighted by Crippen LogP contribution is -2.06. The van der Waals surface area contributed by atoms with Gasteiger partial charge in [-0.25, -0.2) is 4.39 Å². The van der Waals surface area contributed by atoms with E-state index >= 15 is 0 Å². The number of carbonyl (C=O) groups excluding carboxylic acids is 1. The van der Waals surface area contributed by atoms with Crippen LogP contribution in [0.25, 0.3) is 0 Å². The molecule has 0 amide bonds. The molecule has 1 aromatic carbocycles. The van der Waals surface area contributed by atoms with E-state index in [1.165, 1.54) is 19.2 Å². The Morgan fingerprint density at radius 1 is 1.64 bits per heavy atom. The molecule has 0 aliphatic carbocycles. The van der Waals surface area contributed by atoms with Crippen molar-refractivity contribution in [1.29, 1.82) is 0 Å². The summed E-state index contributed by atoms with van der Waals surface area (Å²) in [6, 6.07) is 2.63. The topological polar surface area (TPSA) is 26.3 Å². The molecule has 0 heterocycles. The minimum Gasteiger partial charge on any atom is -0.469 e. The van der Waals surface area contributed by atoms with E-state index in [1.807, 2.05) is 0 Å². The fourth-order valence-electron chi connectivity index (χ4n) is 0.948. The van der Waals surface area contributed by atoms with Crippen LogP contribution < -0.4 is 0 Å². The number of hydrogen-bond acceptors (Lipinski definition) is 2. The zero-order chi connectivity index (χ0) is 10.7. The lowest BCUT2D eigenvalue weighted by Gasteiger charge is -2.06. The van der Waals surface area contributed by atoms with E-state index in [0.29, 0.717) is 10.6 Å². The molecular weight excluding hydrogens is 274 g/mol. The van der Waals surface area contributed by atoms with Crippen molar-refractivity contribution < 1.29 is 13.9 Å². The summed E-state index contributed by atoms with van der Waals surface area (Å²) in [5.74, 6) is -0.911. The molecule has 2 nitrogen and oxygen atoms in total. The van der Waals surface area contributed by atoms with Crippen LogP contribution in [0.2, 0.25) is 5.02 Å². The Kier molecular flexibility index (Phi) is 3.89. The maximum atomic E-state index is 13.1. The molecule has 5 heteroatoms. The van der Waals surface area contributed by atoms with Crippen LogP contribution in [0.3, 0.4) is 0 Å². The lowest BCUT2D eigenvalue weighted by atomic mass is 10.1. The Labute approximate surface area is 94.1 Å². The van der Waals surface area contributed by atoms with Crippen molar-refractivity contribution in [2.24, 2.45) is 0 Å². The summed E-state index contributed by atoms with van der Waals surface area (Å²) in [7, 11) is 1.27. The van der Waals surface area contributed by atoms with Gasteiger partial charge in [0, 0.05) is 5.02 Å². The van der Waals surface area contributed by atoms with Gasteiger partial charge in [-0.1, -0.05) is 11.6 Å². The van der Waals surface area contributed by atoms with E-state index in [0.717, 1.165) is 0 Å². The number of hydrogen-bond donors (Lipinski definition) is 0. The van der Waals surface area contributed by atoms with E-state index in [1.54, 1.807) is 0 Å². The average molecular weight is 282 g/mol. The third-order valence-corrected chi connectivity index (χ3v) is 2.90. The van der Waals surface area contributed by atoms with Crippen LogP contribution in [0.5, 0.6) is 0 Å². The largest absolute Gasteiger partial charge is 0.469 e. The number of methoxy groups -OCH3 is 1. The highest BCUT2D eigenvalue weighted by Crippen LogP contribution is 2.28. The molecule has 0 unspecified atom stereocenters. The minimum absolute atomic E-state index is 0.0479. The predicted octanol–water partition coefficient (Wildman–Crippen LogP) is 2.96. The van der Waals surface area contributed by atoms with E-state index in [2.05, 4.69) is 20.7 Å². The molecule has 1 rings (SSSR count). The predicted molar refractivity (Wildman–Crippen MR) is 54.8 cm³/mol. The van der Waals surface area contributed by atoms with Crippen LogP contribution in [0.15, 0.2) is 16.6 Å². The van der Waals surface area contributed by atoms with Crippen molar-refractivity contribution >= 4 is 33.5 Å². The second-order valence-electron chi connectivity index (χ2n) is 2.57. The third-order valence-electron chi connectivity index (χ3n) is 1.69. The molecule has 0 spiro atoms. The van der Waals surface area contributed by atoms with Gasteiger partial charge in [-0.05, 0) is 33.6 Å². The molecule has 0 aliphatic heterocycles. The van der Waals surface area contributed by atoms with Gasteiger partial charge in [-0.3, -0.25) is 4.79 Å². The summed E-state index contributed by atoms with van der Waals surface area (Å²) in [5, 5.41) is 0.337. The maximum absolute atomic E-state index is 13.1. The SMILES string of the molecule is COC(=O)Cc1c(Cl)ccc(F)c1Br. The lowest BCUT2D eigenvalue weighted by molar-refractivity contribution is -0.139. The summed E-state index contributed by atoms with van der Waals surface area (Å²) < 4.78 is 17.7. The standard InChI is InChI=1S/C9H7BrClFO2/c1-14-8(13)4-5-6(11)2-3-7(12)9(5)10/h2-3H,4H2,1H3. The van der Waals surface area contributed by atoms with Gasteiger partial charge in [-0.15, -0.1) is 0 Å². The van der Waals surface area contributed by atoms with E-state index in [4.69, 9.17) is 11.6 Å². The molecule has 0 radical (unpaired) electrons. The summed E-state index contributed by atoms with van der Waals surface area (Å²) in [6.07, 6.45) is -0.0479. The number of benzene rings is 1. The molecular formula is C9H7BrClFO2. The first-order valence-electron chi connectivity index (χ1n) is 3.75. The number of esters is 1. The van der Waals surface area contributed by atoms with Crippen LogP contribution in [0.1, 0.15) is 5.56 Å². The highest BCUT2D eigenvalue weighted by atomic mass is 79.9. The molecule has 0 saturated heterocycles. The molecule has 0 aliphatic rings. The summed E-state index contributed by atoms with van der Waals surface area (Å²) in [6.45, 7) is 0. The quantitative estimate of drug-likeness (QED) is 0.615. The first kappa shape index (κ1) is 11.5. The van der Waals surface area contributed by atoms with Crippen LogP contribution in [-0.2, 0) is 16.0 Å². The van der Waals surface area contributed by atoms with Gasteiger partial charge in [-0.2, -0.15) is 0 Å². The zero-order valence-corrected chi connectivity index (χ0v) is 9.65. The Balaban J connectivity index is 3.06. The molecule has 0 aromatic heterocycles. The second-order valence-corrected chi connectivity index (χ2v) is 3.77. The van der Waals surface area contributed by atoms with Gasteiger partial charge < -0.3 is 4.74 Å². The van der Waals surface area contributed by atoms with E-state index < -0.39 is 11.8 Å². The van der Waals surface area contributed by atoms with Crippen LogP contribution in [-0.4, -0.2) is 13.1 Å². The van der Waals surface area contributed by atoms with Gasteiger partial charge in [0.1, 0.15) is 5.82 Å². The number of ether oxygens (including phenoxy) is 1. The van der Waals surface area contributed by atoms with Gasteiger partial charge in [0.05, 0.1) is 18.0 Å². The van der Waals surface area contributed by atoms with Crippen LogP contribution in [0.4, 0.5) is 4.39 Å². The van der Waals surface area contributed by atoms with Gasteiger partial charge in [0.2, 0.25) is 0 Å². The first-order valence-corrected chi connectivity index (χ1v) is 4.92. The fourth-order valence-corrected chi connectivity index (χ4v) is 1.77. The van der Waals surface area contributed by atoms with Crippen LogP contribution in [0, 0.1) is 5.82 Å². The molecule has 0 atom stereocenters. The van der Waals surface area contributed by atoms with E-state index in [9.17, 15) is 9.18 Å². The van der Waals surface area contributed by atoms with E-state index in [-0.39, 0.29) is 10.9 Å². The fraction of sp³-hybridized carbons (Fsp3) is 0.222. The number of carbonyl (C=O) groups is 1. The first-order chi connectivity index (χ1) is 6.56. The highest BCUT2D eigenvalue weighted by Gasteiger charge is 2.13. The minimum atomic E-state index is -0.460. The Bertz CT molecular complexity index is 368. The third kappa shape index (κ3) is 2.45. The Hall–Kier alpha value is -0.610. The van der Waals surface area contributed by atoms with Gasteiger partial charge in [0.25, 0.3) is 0 Å². The van der Waals surface area contributed by atoms with Crippen molar-refractivity contribution in [3.8, 4) is 0 Å². The molecule has 76 valence electrons. The van der Waals surface area contributed by atoms with Crippen molar-refractivity contribution in [3.63, 3.8) is 0 Å². The molecule has 0 fully saturated rings. The average Bonchev–Trinajstić information content (AvgIpc) is 2.18. The number of rotatable bonds is 2. The van der Waals surface area contributed by atoms with Gasteiger partial charge >= 0.3 is 5.97 Å². The van der Waals surface area contributed by atoms with Crippen molar-refractivity contribution in [1.82, 2.24) is 0 Å². The zero-order valence-electron chi connectivity index (χ0n) is 7.31. The summed E-state index contributed by atoms with van der Waals surface area (Å²) >= 11 is 8.82. The maximum Gasteiger partial charge on any atom is 0.310 e. The summed E-state index contributed by atoms with van der Waals surface area (Å²) in [5.41, 5.74) is 0.401. The molecule has 0 bridgehead atoms. The Morgan fingerprint density at radius 3 is 2.86 bits per heavy atom. The Morgan fingerprint density at radius 2 is 2.29 bits per heavy atom. The molecule has 14 heavy (non-hydrogen) atoms. The summed E-state index contributed by atoms with van der Waals surface area (Å²) in [4.78, 5) is 11.0. The normalized spacial score (nSPS) is 10.0. The van der Waals surface area contributed by atoms with Crippen molar-refractivity contribution in [3.05, 3.63) is 33.0 Å². The monoisotopic (exact) mass is 280 g/mol. The second kappa shape index (κ2) is 4.75. The highest BCUT2D eigenvalue weighted by molar-refractivity contribution is 9.10. The molecule has 0 saturated carbocycles. The van der Waals surface area contributed by atoms with Crippen LogP contribution >= 0.6 is 27.5 Å².